The maximum atomic E-state index is 6.74. The molecular weight excluding hydrogens is 487 g/mol. The van der Waals surface area contributed by atoms with E-state index < -0.39 is 8.24 Å². The maximum Gasteiger partial charge on any atom is 0.387 e. The highest BCUT2D eigenvalue weighted by atomic mass is 31.1. The van der Waals surface area contributed by atoms with E-state index >= 15 is 0 Å². The van der Waals surface area contributed by atoms with Gasteiger partial charge in [-0.2, -0.15) is 0 Å². The lowest BCUT2D eigenvalue weighted by atomic mass is 9.81. The van der Waals surface area contributed by atoms with Crippen LogP contribution in [0, 0.1) is 30.1 Å². The van der Waals surface area contributed by atoms with Crippen molar-refractivity contribution in [2.75, 3.05) is 6.61 Å². The molecular formula is C34H49O3P. The van der Waals surface area contributed by atoms with E-state index in [1.54, 1.807) is 0 Å². The Balaban J connectivity index is 2.56. The van der Waals surface area contributed by atoms with Gasteiger partial charge in [0.2, 0.25) is 0 Å². The first kappa shape index (κ1) is 30.4. The predicted molar refractivity (Wildman–Crippen MR) is 165 cm³/mol. The Morgan fingerprint density at radius 2 is 1.21 bits per heavy atom. The summed E-state index contributed by atoms with van der Waals surface area (Å²) in [5.74, 6) is 3.97. The van der Waals surface area contributed by atoms with Gasteiger partial charge in [-0.3, -0.25) is 4.52 Å². The minimum absolute atomic E-state index is 0.0258. The fourth-order valence-corrected chi connectivity index (χ4v) is 6.06. The Kier molecular flexibility index (Phi) is 9.55. The highest BCUT2D eigenvalue weighted by molar-refractivity contribution is 7.31. The lowest BCUT2D eigenvalue weighted by Crippen LogP contribution is -2.13. The second-order valence-electron chi connectivity index (χ2n) is 13.7. The number of fused-ring (bicyclic) bond motifs is 3. The second kappa shape index (κ2) is 11.9. The summed E-state index contributed by atoms with van der Waals surface area (Å²) >= 11 is 0. The van der Waals surface area contributed by atoms with Crippen LogP contribution in [0.25, 0.3) is 21.9 Å². The van der Waals surface area contributed by atoms with Gasteiger partial charge in [0.1, 0.15) is 11.2 Å². The largest absolute Gasteiger partial charge is 0.399 e. The predicted octanol–water partition coefficient (Wildman–Crippen LogP) is 10.4. The summed E-state index contributed by atoms with van der Waals surface area (Å²) in [4.78, 5) is 0. The summed E-state index contributed by atoms with van der Waals surface area (Å²) in [6.07, 6.45) is 8.62. The first-order valence-electron chi connectivity index (χ1n) is 14.2. The molecule has 0 radical (unpaired) electrons. The molecule has 1 atom stereocenters. The first-order valence-corrected chi connectivity index (χ1v) is 15.3. The van der Waals surface area contributed by atoms with Crippen molar-refractivity contribution in [3.8, 4) is 12.3 Å². The van der Waals surface area contributed by atoms with Crippen LogP contribution in [-0.2, 0) is 23.7 Å². The number of terminal acetylenes is 1. The first-order chi connectivity index (χ1) is 17.6. The molecule has 3 nitrogen and oxygen atoms in total. The highest BCUT2D eigenvalue weighted by Gasteiger charge is 2.26. The molecule has 1 heterocycles. The molecule has 1 unspecified atom stereocenters. The van der Waals surface area contributed by atoms with Crippen molar-refractivity contribution in [2.24, 2.45) is 17.8 Å². The van der Waals surface area contributed by atoms with Gasteiger partial charge in [-0.1, -0.05) is 88.3 Å². The van der Waals surface area contributed by atoms with Crippen LogP contribution >= 0.6 is 8.24 Å². The lowest BCUT2D eigenvalue weighted by molar-refractivity contribution is 0.328. The van der Waals surface area contributed by atoms with Crippen molar-refractivity contribution < 1.29 is 12.9 Å². The van der Waals surface area contributed by atoms with Crippen LogP contribution in [0.4, 0.5) is 0 Å². The third kappa shape index (κ3) is 7.28. The van der Waals surface area contributed by atoms with Gasteiger partial charge in [-0.25, -0.2) is 0 Å². The number of benzene rings is 2. The van der Waals surface area contributed by atoms with Gasteiger partial charge in [0, 0.05) is 27.8 Å². The third-order valence-corrected chi connectivity index (χ3v) is 7.96. The zero-order valence-corrected chi connectivity index (χ0v) is 26.5. The molecule has 0 aliphatic rings. The standard InChI is InChI=1S/C34H49O3P/c1-13-24(14-2)21-35-38-36-31-27(17-25(15-22(3)4)19-29(31)33(7,8)9)28-18-26(16-23(5)6)20-30(32(28)37-38)34(10,11)12/h1,17-20,22-24H,14-16,21H2,2-12H3. The minimum atomic E-state index is -1.69. The molecule has 2 aromatic carbocycles. The van der Waals surface area contributed by atoms with E-state index in [0.717, 1.165) is 41.2 Å². The molecule has 0 saturated carbocycles. The van der Waals surface area contributed by atoms with Crippen molar-refractivity contribution in [2.45, 2.75) is 106 Å². The molecule has 4 heteroatoms. The molecule has 0 amide bonds. The Morgan fingerprint density at radius 1 is 0.789 bits per heavy atom. The van der Waals surface area contributed by atoms with Gasteiger partial charge in [-0.05, 0) is 65.2 Å². The van der Waals surface area contributed by atoms with Crippen molar-refractivity contribution in [1.82, 2.24) is 0 Å². The van der Waals surface area contributed by atoms with Crippen molar-refractivity contribution in [3.63, 3.8) is 0 Å². The average molecular weight is 537 g/mol. The molecule has 0 saturated heterocycles. The summed E-state index contributed by atoms with van der Waals surface area (Å²) in [6, 6.07) is 9.31. The summed E-state index contributed by atoms with van der Waals surface area (Å²) in [6.45, 7) is 25.1. The Hall–Kier alpha value is -2.14. The van der Waals surface area contributed by atoms with Crippen molar-refractivity contribution in [3.05, 3.63) is 46.5 Å². The van der Waals surface area contributed by atoms with Gasteiger partial charge in [0.15, 0.2) is 0 Å². The van der Waals surface area contributed by atoms with Crippen LogP contribution in [0.3, 0.4) is 0 Å². The molecule has 3 rings (SSSR count). The van der Waals surface area contributed by atoms with Crippen molar-refractivity contribution in [1.29, 1.82) is 0 Å². The normalized spacial score (nSPS) is 13.5. The van der Waals surface area contributed by atoms with E-state index in [1.165, 1.54) is 22.3 Å². The zero-order valence-electron chi connectivity index (χ0n) is 25.6. The van der Waals surface area contributed by atoms with Gasteiger partial charge >= 0.3 is 8.24 Å². The number of rotatable bonds is 8. The van der Waals surface area contributed by atoms with E-state index in [1.807, 2.05) is 0 Å². The van der Waals surface area contributed by atoms with E-state index in [9.17, 15) is 0 Å². The fraction of sp³-hybridized carbons (Fsp3) is 0.588. The molecule has 1 aromatic heterocycles. The molecule has 3 aromatic rings. The quantitative estimate of drug-likeness (QED) is 0.269. The van der Waals surface area contributed by atoms with E-state index in [2.05, 4.69) is 106 Å². The third-order valence-electron chi connectivity index (χ3n) is 6.93. The lowest BCUT2D eigenvalue weighted by Gasteiger charge is -2.22. The molecule has 0 aliphatic carbocycles. The summed E-state index contributed by atoms with van der Waals surface area (Å²) < 4.78 is 19.8. The van der Waals surface area contributed by atoms with Gasteiger partial charge in [0.05, 0.1) is 6.61 Å². The van der Waals surface area contributed by atoms with E-state index in [-0.39, 0.29) is 16.7 Å². The summed E-state index contributed by atoms with van der Waals surface area (Å²) in [5, 5.41) is 2.22. The van der Waals surface area contributed by atoms with Crippen LogP contribution in [0.15, 0.2) is 32.7 Å². The van der Waals surface area contributed by atoms with Crippen LogP contribution in [0.5, 0.6) is 0 Å². The van der Waals surface area contributed by atoms with Gasteiger partial charge in [-0.15, -0.1) is 12.3 Å². The zero-order chi connectivity index (χ0) is 28.4. The maximum absolute atomic E-state index is 6.74. The Morgan fingerprint density at radius 3 is 1.53 bits per heavy atom. The molecule has 0 aliphatic heterocycles. The van der Waals surface area contributed by atoms with Crippen LogP contribution in [-0.4, -0.2) is 6.61 Å². The minimum Gasteiger partial charge on any atom is -0.399 e. The smallest absolute Gasteiger partial charge is 0.387 e. The van der Waals surface area contributed by atoms with E-state index in [0.29, 0.717) is 18.4 Å². The average Bonchev–Trinajstić information content (AvgIpc) is 2.93. The van der Waals surface area contributed by atoms with Crippen molar-refractivity contribution >= 4 is 30.2 Å². The molecule has 0 fully saturated rings. The fourth-order valence-electron chi connectivity index (χ4n) is 4.92. The van der Waals surface area contributed by atoms with Crippen LogP contribution in [0.2, 0.25) is 0 Å². The molecule has 208 valence electrons. The van der Waals surface area contributed by atoms with Crippen LogP contribution < -0.4 is 4.52 Å². The molecule has 38 heavy (non-hydrogen) atoms. The summed E-state index contributed by atoms with van der Waals surface area (Å²) in [5.41, 5.74) is 6.56. The second-order valence-corrected chi connectivity index (χ2v) is 14.8. The number of hydrogen-bond acceptors (Lipinski definition) is 3. The van der Waals surface area contributed by atoms with Gasteiger partial charge in [0.25, 0.3) is 0 Å². The summed E-state index contributed by atoms with van der Waals surface area (Å²) in [7, 11) is -1.69. The monoisotopic (exact) mass is 536 g/mol. The SMILES string of the molecule is C#CC(CC)COp1oc2c(C(C)(C)C)cc(CC(C)C)cc2c2cc(CC(C)C)cc(C(C)(C)C)c2o1. The molecule has 0 spiro atoms. The van der Waals surface area contributed by atoms with Crippen LogP contribution in [0.1, 0.15) is 105 Å². The Labute approximate surface area is 232 Å². The van der Waals surface area contributed by atoms with Gasteiger partial charge < -0.3 is 8.39 Å². The Bertz CT molecular complexity index is 1250. The molecule has 0 N–H and O–H groups in total. The molecule has 0 bridgehead atoms. The number of hydrogen-bond donors (Lipinski definition) is 0. The topological polar surface area (TPSA) is 35.5 Å². The highest BCUT2D eigenvalue weighted by Crippen LogP contribution is 2.43. The van der Waals surface area contributed by atoms with E-state index in [4.69, 9.17) is 19.3 Å².